The molecule has 1 aliphatic heterocycles. The maximum Gasteiger partial charge on any atom is 0.0589 e. The van der Waals surface area contributed by atoms with E-state index in [-0.39, 0.29) is 5.54 Å². The molecule has 2 nitrogen and oxygen atoms in total. The third-order valence-electron chi connectivity index (χ3n) is 6.25. The summed E-state index contributed by atoms with van der Waals surface area (Å²) in [4.78, 5) is 2.74. The fourth-order valence-electron chi connectivity index (χ4n) is 4.66. The van der Waals surface area contributed by atoms with Gasteiger partial charge in [-0.2, -0.15) is 0 Å². The lowest BCUT2D eigenvalue weighted by Crippen LogP contribution is -2.59. The van der Waals surface area contributed by atoms with Gasteiger partial charge in [0, 0.05) is 12.6 Å². The Morgan fingerprint density at radius 3 is 2.71 bits per heavy atom. The number of rotatable bonds is 2. The minimum absolute atomic E-state index is 0.0667. The third kappa shape index (κ3) is 2.33. The average Bonchev–Trinajstić information content (AvgIpc) is 2.52. The third-order valence-corrected chi connectivity index (χ3v) is 6.25. The van der Waals surface area contributed by atoms with Gasteiger partial charge in [-0.3, -0.25) is 4.90 Å². The van der Waals surface area contributed by atoms with Crippen LogP contribution in [0.25, 0.3) is 0 Å². The fourth-order valence-corrected chi connectivity index (χ4v) is 4.66. The number of fused-ring (bicyclic) bond motifs is 1. The number of nitrogens with two attached hydrogens (primary N) is 1. The van der Waals surface area contributed by atoms with Crippen molar-refractivity contribution in [2.75, 3.05) is 13.1 Å². The van der Waals surface area contributed by atoms with Crippen LogP contribution in [-0.2, 0) is 5.54 Å². The normalized spacial score (nSPS) is 37.2. The SMILES string of the molecule is CC1CCC(CN)(N2CCCC(C)C2C)c2ccccc21. The van der Waals surface area contributed by atoms with E-state index < -0.39 is 0 Å². The van der Waals surface area contributed by atoms with Crippen molar-refractivity contribution < 1.29 is 0 Å². The van der Waals surface area contributed by atoms with E-state index in [1.807, 2.05) is 0 Å². The second-order valence-corrected chi connectivity index (χ2v) is 7.32. The summed E-state index contributed by atoms with van der Waals surface area (Å²) in [7, 11) is 0. The fraction of sp³-hybridized carbons (Fsp3) is 0.684. The summed E-state index contributed by atoms with van der Waals surface area (Å²) in [6, 6.07) is 9.67. The molecule has 2 aliphatic rings. The molecule has 1 aliphatic carbocycles. The van der Waals surface area contributed by atoms with Gasteiger partial charge < -0.3 is 5.73 Å². The summed E-state index contributed by atoms with van der Waals surface area (Å²) in [5.41, 5.74) is 9.50. The van der Waals surface area contributed by atoms with Crippen molar-refractivity contribution >= 4 is 0 Å². The van der Waals surface area contributed by atoms with Crippen LogP contribution in [0.4, 0.5) is 0 Å². The van der Waals surface area contributed by atoms with Crippen molar-refractivity contribution in [2.24, 2.45) is 11.7 Å². The number of nitrogens with zero attached hydrogens (tertiary/aromatic N) is 1. The average molecular weight is 286 g/mol. The van der Waals surface area contributed by atoms with E-state index in [2.05, 4.69) is 49.9 Å². The van der Waals surface area contributed by atoms with Crippen LogP contribution in [0.3, 0.4) is 0 Å². The summed E-state index contributed by atoms with van der Waals surface area (Å²) in [5.74, 6) is 1.44. The van der Waals surface area contributed by atoms with Crippen molar-refractivity contribution in [1.29, 1.82) is 0 Å². The van der Waals surface area contributed by atoms with Crippen molar-refractivity contribution in [3.05, 3.63) is 35.4 Å². The molecular formula is C19H30N2. The highest BCUT2D eigenvalue weighted by molar-refractivity contribution is 5.39. The first-order chi connectivity index (χ1) is 10.1. The van der Waals surface area contributed by atoms with Gasteiger partial charge in [0.05, 0.1) is 5.54 Å². The highest BCUT2D eigenvalue weighted by Gasteiger charge is 2.45. The number of likely N-dealkylation sites (tertiary alicyclic amines) is 1. The molecule has 0 saturated carbocycles. The van der Waals surface area contributed by atoms with E-state index in [0.29, 0.717) is 12.0 Å². The Labute approximate surface area is 129 Å². The molecule has 4 unspecified atom stereocenters. The van der Waals surface area contributed by atoms with Crippen LogP contribution in [0.1, 0.15) is 63.5 Å². The molecule has 0 aromatic heterocycles. The van der Waals surface area contributed by atoms with Crippen LogP contribution in [0.2, 0.25) is 0 Å². The molecule has 1 saturated heterocycles. The lowest BCUT2D eigenvalue weighted by molar-refractivity contribution is -0.0110. The maximum absolute atomic E-state index is 6.40. The smallest absolute Gasteiger partial charge is 0.0589 e. The van der Waals surface area contributed by atoms with Crippen LogP contribution < -0.4 is 5.73 Å². The molecule has 0 bridgehead atoms. The molecule has 2 heteroatoms. The van der Waals surface area contributed by atoms with Gasteiger partial charge in [-0.25, -0.2) is 0 Å². The topological polar surface area (TPSA) is 29.3 Å². The highest BCUT2D eigenvalue weighted by atomic mass is 15.2. The minimum atomic E-state index is 0.0667. The summed E-state index contributed by atoms with van der Waals surface area (Å²) in [6.07, 6.45) is 5.13. The summed E-state index contributed by atoms with van der Waals surface area (Å²) in [5, 5.41) is 0. The van der Waals surface area contributed by atoms with Crippen LogP contribution in [0, 0.1) is 5.92 Å². The highest BCUT2D eigenvalue weighted by Crippen LogP contribution is 2.46. The van der Waals surface area contributed by atoms with E-state index in [4.69, 9.17) is 5.73 Å². The van der Waals surface area contributed by atoms with E-state index in [9.17, 15) is 0 Å². The second kappa shape index (κ2) is 5.73. The molecular weight excluding hydrogens is 256 g/mol. The van der Waals surface area contributed by atoms with Gasteiger partial charge >= 0.3 is 0 Å². The van der Waals surface area contributed by atoms with Crippen LogP contribution in [0.15, 0.2) is 24.3 Å². The van der Waals surface area contributed by atoms with Gasteiger partial charge in [0.2, 0.25) is 0 Å². The summed E-state index contributed by atoms with van der Waals surface area (Å²) in [6.45, 7) is 9.11. The van der Waals surface area contributed by atoms with E-state index in [1.54, 1.807) is 0 Å². The molecule has 1 aromatic carbocycles. The zero-order chi connectivity index (χ0) is 15.0. The van der Waals surface area contributed by atoms with Crippen molar-refractivity contribution in [1.82, 2.24) is 4.90 Å². The molecule has 4 atom stereocenters. The van der Waals surface area contributed by atoms with Gasteiger partial charge in [0.25, 0.3) is 0 Å². The molecule has 1 heterocycles. The van der Waals surface area contributed by atoms with Gasteiger partial charge in [-0.15, -0.1) is 0 Å². The monoisotopic (exact) mass is 286 g/mol. The number of benzene rings is 1. The Balaban J connectivity index is 2.06. The summed E-state index contributed by atoms with van der Waals surface area (Å²) >= 11 is 0. The van der Waals surface area contributed by atoms with Gasteiger partial charge in [-0.05, 0) is 62.1 Å². The van der Waals surface area contributed by atoms with Crippen LogP contribution in [-0.4, -0.2) is 24.0 Å². The quantitative estimate of drug-likeness (QED) is 0.894. The molecule has 3 rings (SSSR count). The van der Waals surface area contributed by atoms with E-state index >= 15 is 0 Å². The van der Waals surface area contributed by atoms with Gasteiger partial charge in [-0.1, -0.05) is 38.1 Å². The molecule has 21 heavy (non-hydrogen) atoms. The Morgan fingerprint density at radius 1 is 1.19 bits per heavy atom. The molecule has 1 aromatic rings. The molecule has 0 amide bonds. The standard InChI is InChI=1S/C19H30N2/c1-14-7-6-12-21(16(14)3)19(13-20)11-10-15(2)17-8-4-5-9-18(17)19/h4-5,8-9,14-16H,6-7,10-13,20H2,1-3H3. The Morgan fingerprint density at radius 2 is 1.95 bits per heavy atom. The predicted octanol–water partition coefficient (Wildman–Crippen LogP) is 3.86. The largest absolute Gasteiger partial charge is 0.328 e. The molecule has 116 valence electrons. The minimum Gasteiger partial charge on any atom is -0.328 e. The van der Waals surface area contributed by atoms with Crippen molar-refractivity contribution in [3.8, 4) is 0 Å². The zero-order valence-electron chi connectivity index (χ0n) is 13.8. The van der Waals surface area contributed by atoms with Crippen molar-refractivity contribution in [3.63, 3.8) is 0 Å². The number of hydrogen-bond acceptors (Lipinski definition) is 2. The van der Waals surface area contributed by atoms with Crippen molar-refractivity contribution in [2.45, 2.75) is 64.0 Å². The molecule has 0 radical (unpaired) electrons. The Bertz CT molecular complexity index is 498. The number of hydrogen-bond donors (Lipinski definition) is 1. The lowest BCUT2D eigenvalue weighted by atomic mass is 9.69. The predicted molar refractivity (Wildman–Crippen MR) is 89.4 cm³/mol. The molecule has 0 spiro atoms. The first-order valence-electron chi connectivity index (χ1n) is 8.66. The lowest BCUT2D eigenvalue weighted by Gasteiger charge is -2.54. The van der Waals surface area contributed by atoms with Gasteiger partial charge in [0.15, 0.2) is 0 Å². The van der Waals surface area contributed by atoms with Crippen LogP contribution in [0.5, 0.6) is 0 Å². The van der Waals surface area contributed by atoms with Gasteiger partial charge in [0.1, 0.15) is 0 Å². The first-order valence-corrected chi connectivity index (χ1v) is 8.66. The first kappa shape index (κ1) is 15.1. The number of piperidine rings is 1. The Kier molecular flexibility index (Phi) is 4.11. The molecule has 1 fully saturated rings. The summed E-state index contributed by atoms with van der Waals surface area (Å²) < 4.78 is 0. The Hall–Kier alpha value is -0.860. The second-order valence-electron chi connectivity index (χ2n) is 7.32. The molecule has 2 N–H and O–H groups in total. The van der Waals surface area contributed by atoms with E-state index in [0.717, 1.165) is 12.5 Å². The van der Waals surface area contributed by atoms with E-state index in [1.165, 1.54) is 43.4 Å². The van der Waals surface area contributed by atoms with Crippen LogP contribution >= 0.6 is 0 Å². The zero-order valence-corrected chi connectivity index (χ0v) is 13.8. The maximum atomic E-state index is 6.40.